The lowest BCUT2D eigenvalue weighted by molar-refractivity contribution is 0.317. The van der Waals surface area contributed by atoms with Gasteiger partial charge in [0.05, 0.1) is 0 Å². The van der Waals surface area contributed by atoms with Crippen molar-refractivity contribution in [3.63, 3.8) is 0 Å². The van der Waals surface area contributed by atoms with Crippen LogP contribution in [0.1, 0.15) is 85.5 Å². The highest BCUT2D eigenvalue weighted by Gasteiger charge is 2.31. The number of rotatable bonds is 9. The van der Waals surface area contributed by atoms with Crippen molar-refractivity contribution in [2.24, 2.45) is 11.8 Å². The summed E-state index contributed by atoms with van der Waals surface area (Å²) in [7, 11) is 0. The van der Waals surface area contributed by atoms with Crippen LogP contribution in [-0.2, 0) is 0 Å². The van der Waals surface area contributed by atoms with Crippen LogP contribution in [-0.4, -0.2) is 12.1 Å². The molecule has 1 saturated carbocycles. The molecule has 1 aliphatic carbocycles. The minimum Gasteiger partial charge on any atom is -0.311 e. The molecule has 0 spiro atoms. The fourth-order valence-electron chi connectivity index (χ4n) is 3.56. The lowest BCUT2D eigenvalue weighted by Gasteiger charge is -2.25. The maximum absolute atomic E-state index is 3.88. The van der Waals surface area contributed by atoms with Gasteiger partial charge in [-0.15, -0.1) is 0 Å². The molecule has 0 aromatic rings. The Balaban J connectivity index is 2.10. The third-order valence-corrected chi connectivity index (χ3v) is 4.99. The van der Waals surface area contributed by atoms with Crippen molar-refractivity contribution < 1.29 is 0 Å². The molecule has 0 saturated heterocycles. The third-order valence-electron chi connectivity index (χ3n) is 4.99. The van der Waals surface area contributed by atoms with E-state index in [1.54, 1.807) is 0 Å². The minimum absolute atomic E-state index is 0.717. The van der Waals surface area contributed by atoms with E-state index >= 15 is 0 Å². The summed E-state index contributed by atoms with van der Waals surface area (Å²) in [4.78, 5) is 0. The molecule has 0 heterocycles. The summed E-state index contributed by atoms with van der Waals surface area (Å²) in [5.41, 5.74) is 0. The summed E-state index contributed by atoms with van der Waals surface area (Å²) >= 11 is 0. The first-order valence-corrected chi connectivity index (χ1v) is 8.45. The Morgan fingerprint density at radius 2 is 1.78 bits per heavy atom. The standard InChI is InChI=1S/C17H35N/c1-5-7-8-9-10-11-14(3)18-17-13-12-16(6-2)15(17)4/h14-18H,5-13H2,1-4H3. The van der Waals surface area contributed by atoms with Gasteiger partial charge in [-0.05, 0) is 38.0 Å². The second kappa shape index (κ2) is 8.96. The first-order valence-electron chi connectivity index (χ1n) is 8.45. The number of hydrogen-bond donors (Lipinski definition) is 1. The summed E-state index contributed by atoms with van der Waals surface area (Å²) in [6.45, 7) is 9.47. The van der Waals surface area contributed by atoms with Gasteiger partial charge in [-0.25, -0.2) is 0 Å². The lowest BCUT2D eigenvalue weighted by Crippen LogP contribution is -2.39. The SMILES string of the molecule is CCCCCCCC(C)NC1CCC(CC)C1C. The molecule has 4 atom stereocenters. The Kier molecular flexibility index (Phi) is 7.97. The molecule has 4 unspecified atom stereocenters. The van der Waals surface area contributed by atoms with Crippen molar-refractivity contribution in [3.8, 4) is 0 Å². The van der Waals surface area contributed by atoms with Crippen LogP contribution >= 0.6 is 0 Å². The van der Waals surface area contributed by atoms with Crippen LogP contribution in [0, 0.1) is 11.8 Å². The average molecular weight is 253 g/mol. The zero-order valence-electron chi connectivity index (χ0n) is 13.2. The van der Waals surface area contributed by atoms with Crippen LogP contribution in [0.5, 0.6) is 0 Å². The van der Waals surface area contributed by atoms with Gasteiger partial charge < -0.3 is 5.32 Å². The minimum atomic E-state index is 0.717. The van der Waals surface area contributed by atoms with E-state index in [9.17, 15) is 0 Å². The van der Waals surface area contributed by atoms with E-state index in [0.29, 0.717) is 0 Å². The van der Waals surface area contributed by atoms with Gasteiger partial charge in [0.15, 0.2) is 0 Å². The van der Waals surface area contributed by atoms with Crippen LogP contribution in [0.2, 0.25) is 0 Å². The van der Waals surface area contributed by atoms with Gasteiger partial charge in [0.1, 0.15) is 0 Å². The molecule has 1 N–H and O–H groups in total. The van der Waals surface area contributed by atoms with Crippen LogP contribution in [0.4, 0.5) is 0 Å². The monoisotopic (exact) mass is 253 g/mol. The molecule has 1 nitrogen and oxygen atoms in total. The van der Waals surface area contributed by atoms with Crippen LogP contribution in [0.3, 0.4) is 0 Å². The van der Waals surface area contributed by atoms with E-state index < -0.39 is 0 Å². The Bertz CT molecular complexity index is 202. The molecule has 0 aromatic heterocycles. The van der Waals surface area contributed by atoms with Gasteiger partial charge in [-0.2, -0.15) is 0 Å². The van der Waals surface area contributed by atoms with Gasteiger partial charge in [-0.1, -0.05) is 59.3 Å². The third kappa shape index (κ3) is 5.30. The van der Waals surface area contributed by atoms with Crippen molar-refractivity contribution in [1.29, 1.82) is 0 Å². The maximum atomic E-state index is 3.88. The number of unbranched alkanes of at least 4 members (excludes halogenated alkanes) is 4. The van der Waals surface area contributed by atoms with Gasteiger partial charge >= 0.3 is 0 Å². The van der Waals surface area contributed by atoms with Gasteiger partial charge in [0.25, 0.3) is 0 Å². The Hall–Kier alpha value is -0.0400. The van der Waals surface area contributed by atoms with E-state index in [0.717, 1.165) is 23.9 Å². The molecule has 1 rings (SSSR count). The summed E-state index contributed by atoms with van der Waals surface area (Å²) in [5, 5.41) is 3.88. The first-order chi connectivity index (χ1) is 8.69. The molecule has 0 aromatic carbocycles. The van der Waals surface area contributed by atoms with E-state index in [2.05, 4.69) is 33.0 Å². The molecule has 1 aliphatic rings. The molecule has 0 amide bonds. The van der Waals surface area contributed by atoms with Crippen LogP contribution < -0.4 is 5.32 Å². The maximum Gasteiger partial charge on any atom is 0.00979 e. The summed E-state index contributed by atoms with van der Waals surface area (Å²) in [5.74, 6) is 1.86. The van der Waals surface area contributed by atoms with Gasteiger partial charge in [-0.3, -0.25) is 0 Å². The Morgan fingerprint density at radius 1 is 1.06 bits per heavy atom. The zero-order chi connectivity index (χ0) is 13.4. The molecule has 0 bridgehead atoms. The summed E-state index contributed by atoms with van der Waals surface area (Å²) in [6, 6.07) is 1.51. The smallest absolute Gasteiger partial charge is 0.00979 e. The highest BCUT2D eigenvalue weighted by molar-refractivity contribution is 4.87. The molecule has 18 heavy (non-hydrogen) atoms. The van der Waals surface area contributed by atoms with Crippen molar-refractivity contribution in [2.75, 3.05) is 0 Å². The lowest BCUT2D eigenvalue weighted by atomic mass is 9.93. The van der Waals surface area contributed by atoms with Gasteiger partial charge in [0, 0.05) is 12.1 Å². The molecule has 1 fully saturated rings. The molecule has 0 aliphatic heterocycles. The largest absolute Gasteiger partial charge is 0.311 e. The Labute approximate surface area is 115 Å². The zero-order valence-corrected chi connectivity index (χ0v) is 13.2. The van der Waals surface area contributed by atoms with Crippen molar-refractivity contribution in [1.82, 2.24) is 5.32 Å². The predicted molar refractivity (Wildman–Crippen MR) is 81.9 cm³/mol. The van der Waals surface area contributed by atoms with E-state index in [4.69, 9.17) is 0 Å². The van der Waals surface area contributed by atoms with Crippen molar-refractivity contribution in [3.05, 3.63) is 0 Å². The number of hydrogen-bond acceptors (Lipinski definition) is 1. The molecular formula is C17H35N. The highest BCUT2D eigenvalue weighted by atomic mass is 15.0. The second-order valence-electron chi connectivity index (χ2n) is 6.48. The topological polar surface area (TPSA) is 12.0 Å². The molecule has 1 heteroatoms. The first kappa shape index (κ1) is 16.0. The fourth-order valence-corrected chi connectivity index (χ4v) is 3.56. The number of nitrogens with one attached hydrogen (secondary N) is 1. The predicted octanol–water partition coefficient (Wildman–Crippen LogP) is 5.15. The quantitative estimate of drug-likeness (QED) is 0.560. The summed E-state index contributed by atoms with van der Waals surface area (Å²) < 4.78 is 0. The molecule has 0 radical (unpaired) electrons. The van der Waals surface area contributed by atoms with E-state index in [1.165, 1.54) is 57.8 Å². The molecular weight excluding hydrogens is 218 g/mol. The normalized spacial score (nSPS) is 29.7. The van der Waals surface area contributed by atoms with Crippen LogP contribution in [0.15, 0.2) is 0 Å². The molecule has 108 valence electrons. The van der Waals surface area contributed by atoms with Gasteiger partial charge in [0.2, 0.25) is 0 Å². The van der Waals surface area contributed by atoms with E-state index in [1.807, 2.05) is 0 Å². The van der Waals surface area contributed by atoms with Crippen molar-refractivity contribution >= 4 is 0 Å². The summed E-state index contributed by atoms with van der Waals surface area (Å²) in [6.07, 6.45) is 12.6. The van der Waals surface area contributed by atoms with Crippen molar-refractivity contribution in [2.45, 2.75) is 97.6 Å². The Morgan fingerprint density at radius 3 is 2.39 bits per heavy atom. The van der Waals surface area contributed by atoms with E-state index in [-0.39, 0.29) is 0 Å². The van der Waals surface area contributed by atoms with Crippen LogP contribution in [0.25, 0.3) is 0 Å². The fraction of sp³-hybridized carbons (Fsp3) is 1.00. The second-order valence-corrected chi connectivity index (χ2v) is 6.48. The average Bonchev–Trinajstić information content (AvgIpc) is 2.70. The highest BCUT2D eigenvalue weighted by Crippen LogP contribution is 2.34.